The predicted molar refractivity (Wildman–Crippen MR) is 110 cm³/mol. The summed E-state index contributed by atoms with van der Waals surface area (Å²) in [6.07, 6.45) is 4.18. The Morgan fingerprint density at radius 3 is 2.15 bits per heavy atom. The van der Waals surface area contributed by atoms with Crippen molar-refractivity contribution in [3.05, 3.63) is 35.9 Å². The van der Waals surface area contributed by atoms with E-state index < -0.39 is 5.60 Å². The van der Waals surface area contributed by atoms with Crippen LogP contribution in [0.3, 0.4) is 0 Å². The number of aliphatic hydroxyl groups is 1. The van der Waals surface area contributed by atoms with E-state index in [9.17, 15) is 9.90 Å². The Hall–Kier alpha value is -0.650. The van der Waals surface area contributed by atoms with Crippen LogP contribution < -0.4 is 0 Å². The van der Waals surface area contributed by atoms with Gasteiger partial charge in [-0.15, -0.1) is 24.8 Å². The maximum Gasteiger partial charge on any atom is 0.183 e. The molecule has 6 heteroatoms. The van der Waals surface area contributed by atoms with Gasteiger partial charge in [0.25, 0.3) is 0 Å². The minimum atomic E-state index is -1.31. The molecule has 26 heavy (non-hydrogen) atoms. The van der Waals surface area contributed by atoms with Crippen LogP contribution in [0.4, 0.5) is 0 Å². The molecule has 1 unspecified atom stereocenters. The molecule has 1 aliphatic carbocycles. The molecule has 1 saturated heterocycles. The van der Waals surface area contributed by atoms with Gasteiger partial charge in [0, 0.05) is 26.2 Å². The summed E-state index contributed by atoms with van der Waals surface area (Å²) in [6.45, 7) is 7.58. The Morgan fingerprint density at radius 2 is 1.65 bits per heavy atom. The lowest BCUT2D eigenvalue weighted by molar-refractivity contribution is -0.151. The van der Waals surface area contributed by atoms with Gasteiger partial charge >= 0.3 is 0 Å². The van der Waals surface area contributed by atoms with Gasteiger partial charge in [0.2, 0.25) is 0 Å². The Kier molecular flexibility index (Phi) is 9.56. The van der Waals surface area contributed by atoms with Crippen molar-refractivity contribution in [1.29, 1.82) is 0 Å². The number of Topliss-reactive ketones (excluding diaryl/α,β-unsaturated/α-hetero) is 1. The molecule has 0 aromatic heterocycles. The van der Waals surface area contributed by atoms with Crippen LogP contribution in [0, 0.1) is 5.92 Å². The summed E-state index contributed by atoms with van der Waals surface area (Å²) in [5.41, 5.74) is -0.538. The van der Waals surface area contributed by atoms with Crippen LogP contribution in [0.5, 0.6) is 0 Å². The smallest absolute Gasteiger partial charge is 0.183 e. The second-order valence-corrected chi connectivity index (χ2v) is 7.30. The minimum Gasteiger partial charge on any atom is -0.377 e. The molecule has 1 N–H and O–H groups in total. The maximum atomic E-state index is 13.1. The first-order valence-corrected chi connectivity index (χ1v) is 9.40. The van der Waals surface area contributed by atoms with Crippen LogP contribution in [0.1, 0.15) is 38.2 Å². The minimum absolute atomic E-state index is 0. The molecule has 2 fully saturated rings. The zero-order valence-electron chi connectivity index (χ0n) is 15.6. The molecule has 1 aliphatic heterocycles. The highest BCUT2D eigenvalue weighted by Crippen LogP contribution is 2.43. The second kappa shape index (κ2) is 10.6. The highest BCUT2D eigenvalue weighted by molar-refractivity contribution is 5.90. The normalized spacial score (nSPS) is 21.0. The molecule has 148 valence electrons. The summed E-state index contributed by atoms with van der Waals surface area (Å²) < 4.78 is 0. The van der Waals surface area contributed by atoms with Gasteiger partial charge in [-0.3, -0.25) is 9.69 Å². The standard InChI is InChI=1S/C20H30N2O2.2ClH/c1-2-11-21-12-14-22(15-13-21)16-19(23)20(24,18-9-6-10-18)17-7-4-3-5-8-17;;/h3-5,7-8,18,24H,2,6,9-16H2,1H3;2*1H. The Morgan fingerprint density at radius 1 is 1.08 bits per heavy atom. The molecule has 1 saturated carbocycles. The number of carbonyl (C=O) groups is 1. The van der Waals surface area contributed by atoms with E-state index in [4.69, 9.17) is 0 Å². The molecule has 0 amide bonds. The number of benzene rings is 1. The fourth-order valence-electron chi connectivity index (χ4n) is 3.95. The average Bonchev–Trinajstić information content (AvgIpc) is 2.56. The molecule has 1 aromatic rings. The number of hydrogen-bond acceptors (Lipinski definition) is 4. The highest BCUT2D eigenvalue weighted by Gasteiger charge is 2.47. The van der Waals surface area contributed by atoms with Crippen molar-refractivity contribution >= 4 is 30.6 Å². The van der Waals surface area contributed by atoms with Crippen LogP contribution in [-0.2, 0) is 10.4 Å². The van der Waals surface area contributed by atoms with E-state index in [1.54, 1.807) is 0 Å². The topological polar surface area (TPSA) is 43.8 Å². The van der Waals surface area contributed by atoms with E-state index in [-0.39, 0.29) is 36.5 Å². The second-order valence-electron chi connectivity index (χ2n) is 7.30. The van der Waals surface area contributed by atoms with E-state index in [1.165, 1.54) is 6.42 Å². The molecule has 0 radical (unpaired) electrons. The third-order valence-corrected chi connectivity index (χ3v) is 5.71. The van der Waals surface area contributed by atoms with E-state index in [1.807, 2.05) is 30.3 Å². The lowest BCUT2D eigenvalue weighted by Crippen LogP contribution is -2.53. The van der Waals surface area contributed by atoms with Gasteiger partial charge in [-0.25, -0.2) is 0 Å². The molecule has 2 aliphatic rings. The summed E-state index contributed by atoms with van der Waals surface area (Å²) >= 11 is 0. The molecule has 1 heterocycles. The van der Waals surface area contributed by atoms with Crippen LogP contribution in [0.2, 0.25) is 0 Å². The third kappa shape index (κ3) is 4.99. The fraction of sp³-hybridized carbons (Fsp3) is 0.650. The van der Waals surface area contributed by atoms with Gasteiger partial charge < -0.3 is 10.0 Å². The van der Waals surface area contributed by atoms with Crippen LogP contribution in [-0.4, -0.2) is 60.0 Å². The first-order chi connectivity index (χ1) is 11.6. The van der Waals surface area contributed by atoms with Gasteiger partial charge in [-0.05, 0) is 37.3 Å². The Bertz CT molecular complexity index is 546. The number of nitrogens with zero attached hydrogens (tertiary/aromatic N) is 2. The summed E-state index contributed by atoms with van der Waals surface area (Å²) in [6, 6.07) is 9.55. The third-order valence-electron chi connectivity index (χ3n) is 5.71. The van der Waals surface area contributed by atoms with E-state index in [0.29, 0.717) is 6.54 Å². The van der Waals surface area contributed by atoms with Gasteiger partial charge in [-0.2, -0.15) is 0 Å². The summed E-state index contributed by atoms with van der Waals surface area (Å²) in [5, 5.41) is 11.4. The van der Waals surface area contributed by atoms with Crippen molar-refractivity contribution in [3.63, 3.8) is 0 Å². The number of ketones is 1. The summed E-state index contributed by atoms with van der Waals surface area (Å²) in [4.78, 5) is 17.7. The fourth-order valence-corrected chi connectivity index (χ4v) is 3.95. The maximum absolute atomic E-state index is 13.1. The van der Waals surface area contributed by atoms with Crippen molar-refractivity contribution in [2.75, 3.05) is 39.3 Å². The number of carbonyl (C=O) groups excluding carboxylic acids is 1. The first kappa shape index (κ1) is 23.4. The number of rotatable bonds is 7. The molecule has 4 nitrogen and oxygen atoms in total. The van der Waals surface area contributed by atoms with E-state index in [2.05, 4.69) is 16.7 Å². The zero-order chi connectivity index (χ0) is 17.0. The van der Waals surface area contributed by atoms with Crippen molar-refractivity contribution in [1.82, 2.24) is 9.80 Å². The van der Waals surface area contributed by atoms with Gasteiger partial charge in [0.05, 0.1) is 6.54 Å². The molecular formula is C20H32Cl2N2O2. The summed E-state index contributed by atoms with van der Waals surface area (Å²) in [7, 11) is 0. The molecule has 0 bridgehead atoms. The van der Waals surface area contributed by atoms with Crippen LogP contribution >= 0.6 is 24.8 Å². The molecule has 1 aromatic carbocycles. The van der Waals surface area contributed by atoms with Crippen molar-refractivity contribution in [2.24, 2.45) is 5.92 Å². The first-order valence-electron chi connectivity index (χ1n) is 9.40. The highest BCUT2D eigenvalue weighted by atomic mass is 35.5. The largest absolute Gasteiger partial charge is 0.377 e. The van der Waals surface area contributed by atoms with Gasteiger partial charge in [0.15, 0.2) is 11.4 Å². The monoisotopic (exact) mass is 402 g/mol. The number of halogens is 2. The summed E-state index contributed by atoms with van der Waals surface area (Å²) in [5.74, 6) is 0.0520. The lowest BCUT2D eigenvalue weighted by atomic mass is 9.67. The molecule has 3 rings (SSSR count). The van der Waals surface area contributed by atoms with Gasteiger partial charge in [0.1, 0.15) is 0 Å². The van der Waals surface area contributed by atoms with E-state index in [0.717, 1.165) is 57.5 Å². The van der Waals surface area contributed by atoms with Crippen molar-refractivity contribution < 1.29 is 9.90 Å². The SMILES string of the molecule is CCCN1CCN(CC(=O)C(O)(c2ccccc2)C2CCC2)CC1.Cl.Cl. The molecule has 0 spiro atoms. The average molecular weight is 403 g/mol. The zero-order valence-corrected chi connectivity index (χ0v) is 17.2. The van der Waals surface area contributed by atoms with Gasteiger partial charge in [-0.1, -0.05) is 43.7 Å². The molecule has 1 atom stereocenters. The Balaban J connectivity index is 0.00000169. The number of hydrogen-bond donors (Lipinski definition) is 1. The number of piperazine rings is 1. The van der Waals surface area contributed by atoms with Crippen molar-refractivity contribution in [3.8, 4) is 0 Å². The van der Waals surface area contributed by atoms with Crippen LogP contribution in [0.25, 0.3) is 0 Å². The van der Waals surface area contributed by atoms with Crippen molar-refractivity contribution in [2.45, 2.75) is 38.2 Å². The predicted octanol–water partition coefficient (Wildman–Crippen LogP) is 3.11. The van der Waals surface area contributed by atoms with Crippen LogP contribution in [0.15, 0.2) is 30.3 Å². The quantitative estimate of drug-likeness (QED) is 0.760. The van der Waals surface area contributed by atoms with E-state index >= 15 is 0 Å². The lowest BCUT2D eigenvalue weighted by Gasteiger charge is -2.42. The molecular weight excluding hydrogens is 371 g/mol. The Labute approximate surface area is 169 Å².